The molecule has 220 valence electrons. The van der Waals surface area contributed by atoms with Crippen LogP contribution in [0.1, 0.15) is 68.9 Å². The first-order valence-corrected chi connectivity index (χ1v) is 16.1. The van der Waals surface area contributed by atoms with Gasteiger partial charge in [-0.25, -0.2) is 4.98 Å². The summed E-state index contributed by atoms with van der Waals surface area (Å²) in [5.74, 6) is 3.21. The van der Waals surface area contributed by atoms with Gasteiger partial charge in [0, 0.05) is 49.5 Å². The Balaban J connectivity index is 1.01. The summed E-state index contributed by atoms with van der Waals surface area (Å²) in [6.07, 6.45) is 13.1. The number of halogens is 1. The number of nitrogens with zero attached hydrogens (tertiary/aromatic N) is 4. The molecule has 4 atom stereocenters. The molecule has 4 fully saturated rings. The third kappa shape index (κ3) is 7.14. The van der Waals surface area contributed by atoms with E-state index in [1.807, 2.05) is 24.3 Å². The molecule has 3 heterocycles. The van der Waals surface area contributed by atoms with Crippen LogP contribution in [0.25, 0.3) is 0 Å². The van der Waals surface area contributed by atoms with Crippen molar-refractivity contribution in [3.8, 4) is 6.07 Å². The molecule has 1 aromatic heterocycles. The number of piperidine rings is 1. The van der Waals surface area contributed by atoms with Gasteiger partial charge in [-0.1, -0.05) is 36.2 Å². The molecule has 41 heavy (non-hydrogen) atoms. The fourth-order valence-corrected chi connectivity index (χ4v) is 8.00. The summed E-state index contributed by atoms with van der Waals surface area (Å²) in [6, 6.07) is 12.0. The van der Waals surface area contributed by atoms with Gasteiger partial charge in [0.15, 0.2) is 0 Å². The van der Waals surface area contributed by atoms with E-state index in [1.165, 1.54) is 70.9 Å². The number of aromatic nitrogens is 2. The van der Waals surface area contributed by atoms with E-state index in [2.05, 4.69) is 36.9 Å². The third-order valence-electron chi connectivity index (χ3n) is 9.96. The molecule has 0 spiro atoms. The molecule has 4 aliphatic rings. The van der Waals surface area contributed by atoms with Gasteiger partial charge in [-0.3, -0.25) is 0 Å². The van der Waals surface area contributed by atoms with E-state index in [0.717, 1.165) is 43.2 Å². The average molecular weight is 578 g/mol. The molecule has 2 bridgehead atoms. The van der Waals surface area contributed by atoms with Gasteiger partial charge >= 0.3 is 0 Å². The van der Waals surface area contributed by atoms with Crippen LogP contribution in [-0.2, 0) is 11.3 Å². The van der Waals surface area contributed by atoms with Gasteiger partial charge in [-0.05, 0) is 93.8 Å². The minimum atomic E-state index is 0.482. The number of nitrogens with one attached hydrogen (secondary N) is 3. The van der Waals surface area contributed by atoms with Crippen molar-refractivity contribution in [1.29, 1.82) is 5.26 Å². The Kier molecular flexibility index (Phi) is 9.57. The predicted octanol–water partition coefficient (Wildman–Crippen LogP) is 5.45. The largest absolute Gasteiger partial charge is 0.381 e. The van der Waals surface area contributed by atoms with E-state index in [9.17, 15) is 5.26 Å². The number of rotatable bonds is 9. The minimum absolute atomic E-state index is 0.482. The smallest absolute Gasteiger partial charge is 0.224 e. The first-order valence-electron chi connectivity index (χ1n) is 15.7. The van der Waals surface area contributed by atoms with Crippen molar-refractivity contribution in [3.63, 3.8) is 0 Å². The zero-order valence-corrected chi connectivity index (χ0v) is 24.8. The Morgan fingerprint density at radius 2 is 1.76 bits per heavy atom. The number of nitriles is 1. The molecular formula is C32H44ClN7O. The Morgan fingerprint density at radius 3 is 2.49 bits per heavy atom. The lowest BCUT2D eigenvalue weighted by molar-refractivity contribution is 0.0185. The summed E-state index contributed by atoms with van der Waals surface area (Å²) in [5.41, 5.74) is 1.47. The second-order valence-electron chi connectivity index (χ2n) is 12.5. The first kappa shape index (κ1) is 28.7. The molecule has 1 aromatic carbocycles. The van der Waals surface area contributed by atoms with Crippen molar-refractivity contribution in [2.24, 2.45) is 17.8 Å². The maximum absolute atomic E-state index is 9.68. The summed E-state index contributed by atoms with van der Waals surface area (Å²) < 4.78 is 5.58. The maximum atomic E-state index is 9.68. The molecule has 2 saturated heterocycles. The molecule has 2 saturated carbocycles. The summed E-state index contributed by atoms with van der Waals surface area (Å²) >= 11 is 6.30. The van der Waals surface area contributed by atoms with E-state index < -0.39 is 0 Å². The number of hydrogen-bond acceptors (Lipinski definition) is 8. The lowest BCUT2D eigenvalue weighted by atomic mass is 9.64. The van der Waals surface area contributed by atoms with E-state index in [-0.39, 0.29) is 0 Å². The average Bonchev–Trinajstić information content (AvgIpc) is 3.00. The van der Waals surface area contributed by atoms with E-state index in [4.69, 9.17) is 16.3 Å². The summed E-state index contributed by atoms with van der Waals surface area (Å²) in [5, 5.41) is 21.4. The molecule has 0 amide bonds. The molecular weight excluding hydrogens is 534 g/mol. The van der Waals surface area contributed by atoms with E-state index in [0.29, 0.717) is 46.9 Å². The van der Waals surface area contributed by atoms with Gasteiger partial charge in [0.05, 0.1) is 6.20 Å². The molecule has 8 nitrogen and oxygen atoms in total. The summed E-state index contributed by atoms with van der Waals surface area (Å²) in [4.78, 5) is 11.7. The standard InChI is InChI=1S/C32H44ClN7O/c33-29-7-2-1-4-25(29)20-36-32-37-21-26(18-34)31(39-32)35-19-22-16-23-5-3-6-24(17-22)30(23)38-27-8-12-40(13-9-27)28-10-14-41-15-11-28/h1-2,4,7,21-24,27-28,30,38H,3,5-6,8-17,19-20H2,(H2,35,36,37,39)/t22?,23-,24+,30-. The third-order valence-corrected chi connectivity index (χ3v) is 10.3. The molecule has 6 rings (SSSR count). The van der Waals surface area contributed by atoms with Crippen LogP contribution in [-0.4, -0.2) is 65.8 Å². The van der Waals surface area contributed by atoms with Crippen molar-refractivity contribution in [1.82, 2.24) is 20.2 Å². The number of likely N-dealkylation sites (tertiary alicyclic amines) is 1. The highest BCUT2D eigenvalue weighted by atomic mass is 35.5. The van der Waals surface area contributed by atoms with Gasteiger partial charge in [0.1, 0.15) is 17.5 Å². The van der Waals surface area contributed by atoms with Crippen LogP contribution >= 0.6 is 11.6 Å². The van der Waals surface area contributed by atoms with Crippen LogP contribution in [0, 0.1) is 29.1 Å². The quantitative estimate of drug-likeness (QED) is 0.362. The Labute approximate surface area is 249 Å². The van der Waals surface area contributed by atoms with Crippen LogP contribution < -0.4 is 16.0 Å². The molecule has 3 N–H and O–H groups in total. The van der Waals surface area contributed by atoms with Crippen LogP contribution in [0.4, 0.5) is 11.8 Å². The number of anilines is 2. The monoisotopic (exact) mass is 577 g/mol. The zero-order chi connectivity index (χ0) is 28.0. The van der Waals surface area contributed by atoms with E-state index >= 15 is 0 Å². The Bertz CT molecular complexity index is 1180. The zero-order valence-electron chi connectivity index (χ0n) is 24.0. The molecule has 9 heteroatoms. The van der Waals surface area contributed by atoms with Crippen molar-refractivity contribution >= 4 is 23.4 Å². The van der Waals surface area contributed by atoms with Gasteiger partial charge in [-0.2, -0.15) is 10.2 Å². The SMILES string of the molecule is N#Cc1cnc(NCc2ccccc2Cl)nc1NCC1C[C@H]2CCC[C@@H](C1)[C@@H]2NC1CCN(C2CCOCC2)CC1. The van der Waals surface area contributed by atoms with Gasteiger partial charge in [0.25, 0.3) is 0 Å². The Morgan fingerprint density at radius 1 is 1.00 bits per heavy atom. The fourth-order valence-electron chi connectivity index (χ4n) is 7.80. The topological polar surface area (TPSA) is 98.1 Å². The lowest BCUT2D eigenvalue weighted by Gasteiger charge is -2.49. The van der Waals surface area contributed by atoms with Crippen LogP contribution in [0.3, 0.4) is 0 Å². The molecule has 1 unspecified atom stereocenters. The fraction of sp³-hybridized carbons (Fsp3) is 0.656. The molecule has 2 aromatic rings. The van der Waals surface area contributed by atoms with Gasteiger partial charge < -0.3 is 25.6 Å². The number of fused-ring (bicyclic) bond motifs is 2. The van der Waals surface area contributed by atoms with Crippen molar-refractivity contribution in [3.05, 3.63) is 46.6 Å². The number of ether oxygens (including phenoxy) is 1. The minimum Gasteiger partial charge on any atom is -0.381 e. The highest BCUT2D eigenvalue weighted by Crippen LogP contribution is 2.43. The van der Waals surface area contributed by atoms with Crippen molar-refractivity contribution in [2.45, 2.75) is 82.5 Å². The second kappa shape index (κ2) is 13.7. The molecule has 2 aliphatic heterocycles. The predicted molar refractivity (Wildman–Crippen MR) is 163 cm³/mol. The lowest BCUT2D eigenvalue weighted by Crippen LogP contribution is -2.56. The second-order valence-corrected chi connectivity index (χ2v) is 12.9. The van der Waals surface area contributed by atoms with Crippen LogP contribution in [0.2, 0.25) is 5.02 Å². The number of benzene rings is 1. The van der Waals surface area contributed by atoms with Gasteiger partial charge in [-0.15, -0.1) is 0 Å². The van der Waals surface area contributed by atoms with Crippen molar-refractivity contribution < 1.29 is 4.74 Å². The molecule has 0 radical (unpaired) electrons. The number of hydrogen-bond donors (Lipinski definition) is 3. The van der Waals surface area contributed by atoms with Crippen molar-refractivity contribution in [2.75, 3.05) is 43.5 Å². The summed E-state index contributed by atoms with van der Waals surface area (Å²) in [7, 11) is 0. The maximum Gasteiger partial charge on any atom is 0.224 e. The highest BCUT2D eigenvalue weighted by Gasteiger charge is 2.41. The summed E-state index contributed by atoms with van der Waals surface area (Å²) in [6.45, 7) is 5.69. The first-order chi connectivity index (χ1) is 20.2. The Hall–Kier alpha value is -2.44. The van der Waals surface area contributed by atoms with Crippen LogP contribution in [0.15, 0.2) is 30.5 Å². The van der Waals surface area contributed by atoms with E-state index in [1.54, 1.807) is 6.20 Å². The van der Waals surface area contributed by atoms with Crippen LogP contribution in [0.5, 0.6) is 0 Å². The molecule has 2 aliphatic carbocycles. The highest BCUT2D eigenvalue weighted by molar-refractivity contribution is 6.31. The van der Waals surface area contributed by atoms with Gasteiger partial charge in [0.2, 0.25) is 5.95 Å². The normalized spacial score (nSPS) is 27.7.